The van der Waals surface area contributed by atoms with Crippen molar-refractivity contribution in [2.45, 2.75) is 44.3 Å². The molecule has 1 aromatic heterocycles. The lowest BCUT2D eigenvalue weighted by molar-refractivity contribution is 0.187. The summed E-state index contributed by atoms with van der Waals surface area (Å²) in [4.78, 5) is 17.1. The SMILES string of the molecule is CN1CCCC1COc1nc2c(c(N3CCNCC3CC#N)n1)CCN(c1cccc3ccccc13)C2. The van der Waals surface area contributed by atoms with Gasteiger partial charge in [-0.1, -0.05) is 36.4 Å². The Morgan fingerprint density at radius 3 is 2.84 bits per heavy atom. The second-order valence-electron chi connectivity index (χ2n) is 10.4. The molecule has 8 heteroatoms. The van der Waals surface area contributed by atoms with Gasteiger partial charge in [-0.15, -0.1) is 0 Å². The van der Waals surface area contributed by atoms with Gasteiger partial charge in [0.15, 0.2) is 0 Å². The quantitative estimate of drug-likeness (QED) is 0.555. The van der Waals surface area contributed by atoms with Gasteiger partial charge in [-0.25, -0.2) is 0 Å². The van der Waals surface area contributed by atoms with Gasteiger partial charge in [0.05, 0.1) is 30.8 Å². The fourth-order valence-electron chi connectivity index (χ4n) is 6.07. The number of anilines is 2. The number of piperazine rings is 1. The first-order valence-corrected chi connectivity index (χ1v) is 13.5. The molecule has 2 atom stereocenters. The van der Waals surface area contributed by atoms with E-state index in [-0.39, 0.29) is 6.04 Å². The van der Waals surface area contributed by atoms with Crippen molar-refractivity contribution in [1.82, 2.24) is 20.2 Å². The Labute approximate surface area is 218 Å². The summed E-state index contributed by atoms with van der Waals surface area (Å²) in [6, 6.07) is 18.4. The van der Waals surface area contributed by atoms with Crippen molar-refractivity contribution in [1.29, 1.82) is 5.26 Å². The molecule has 8 nitrogen and oxygen atoms in total. The number of likely N-dealkylation sites (N-methyl/N-ethyl adjacent to an activating group) is 1. The zero-order chi connectivity index (χ0) is 25.2. The number of likely N-dealkylation sites (tertiary alicyclic amines) is 1. The standard InChI is InChI=1S/C29H35N7O/c1-34-15-5-8-23(34)20-37-29-32-26-19-35(27-10-4-7-21-6-2-3-9-24(21)27)16-12-25(26)28(33-29)36-17-14-31-18-22(36)11-13-30/h2-4,6-7,9-10,22-23,31H,5,8,11-12,14-20H2,1H3. The number of hydrogen-bond donors (Lipinski definition) is 1. The summed E-state index contributed by atoms with van der Waals surface area (Å²) in [6.07, 6.45) is 3.68. The fraction of sp³-hybridized carbons (Fsp3) is 0.483. The predicted molar refractivity (Wildman–Crippen MR) is 146 cm³/mol. The first-order chi connectivity index (χ1) is 18.2. The van der Waals surface area contributed by atoms with E-state index in [2.05, 4.69) is 75.6 Å². The number of aromatic nitrogens is 2. The van der Waals surface area contributed by atoms with Gasteiger partial charge in [0.25, 0.3) is 0 Å². The average Bonchev–Trinajstić information content (AvgIpc) is 3.35. The monoisotopic (exact) mass is 497 g/mol. The molecule has 0 spiro atoms. The van der Waals surface area contributed by atoms with E-state index in [9.17, 15) is 5.26 Å². The normalized spacial score (nSPS) is 22.2. The highest BCUT2D eigenvalue weighted by Gasteiger charge is 2.31. The Hall–Kier alpha value is -3.41. The maximum absolute atomic E-state index is 9.48. The topological polar surface area (TPSA) is 80.5 Å². The Kier molecular flexibility index (Phi) is 6.81. The number of nitriles is 1. The third-order valence-electron chi connectivity index (χ3n) is 8.16. The van der Waals surface area contributed by atoms with Crippen LogP contribution in [-0.2, 0) is 13.0 Å². The van der Waals surface area contributed by atoms with Crippen molar-refractivity contribution in [3.63, 3.8) is 0 Å². The van der Waals surface area contributed by atoms with Crippen molar-refractivity contribution in [3.05, 3.63) is 53.7 Å². The number of nitrogens with zero attached hydrogens (tertiary/aromatic N) is 6. The van der Waals surface area contributed by atoms with Crippen LogP contribution in [0.4, 0.5) is 11.5 Å². The first kappa shape index (κ1) is 24.0. The second kappa shape index (κ2) is 10.5. The maximum Gasteiger partial charge on any atom is 0.318 e. The molecule has 0 radical (unpaired) electrons. The van der Waals surface area contributed by atoms with Crippen LogP contribution in [0.5, 0.6) is 6.01 Å². The number of rotatable bonds is 6. The van der Waals surface area contributed by atoms with Gasteiger partial charge in [0.2, 0.25) is 0 Å². The van der Waals surface area contributed by atoms with Crippen LogP contribution >= 0.6 is 0 Å². The fourth-order valence-corrected chi connectivity index (χ4v) is 6.07. The average molecular weight is 498 g/mol. The molecule has 1 N–H and O–H groups in total. The minimum Gasteiger partial charge on any atom is -0.462 e. The third-order valence-corrected chi connectivity index (χ3v) is 8.16. The zero-order valence-corrected chi connectivity index (χ0v) is 21.6. The van der Waals surface area contributed by atoms with Crippen LogP contribution in [0.25, 0.3) is 10.8 Å². The number of benzene rings is 2. The lowest BCUT2D eigenvalue weighted by Crippen LogP contribution is -2.52. The molecule has 0 saturated carbocycles. The highest BCUT2D eigenvalue weighted by Crippen LogP contribution is 2.35. The number of nitrogens with one attached hydrogen (secondary N) is 1. The molecule has 3 aliphatic heterocycles. The van der Waals surface area contributed by atoms with Gasteiger partial charge in [-0.05, 0) is 44.3 Å². The summed E-state index contributed by atoms with van der Waals surface area (Å²) in [5, 5.41) is 15.4. The molecule has 6 rings (SSSR count). The molecular formula is C29H35N7O. The van der Waals surface area contributed by atoms with E-state index < -0.39 is 0 Å². The van der Waals surface area contributed by atoms with Crippen LogP contribution in [0.2, 0.25) is 0 Å². The minimum atomic E-state index is 0.0997. The van der Waals surface area contributed by atoms with Crippen molar-refractivity contribution in [2.75, 3.05) is 56.2 Å². The van der Waals surface area contributed by atoms with Crippen molar-refractivity contribution < 1.29 is 4.74 Å². The van der Waals surface area contributed by atoms with Crippen LogP contribution in [0.15, 0.2) is 42.5 Å². The smallest absolute Gasteiger partial charge is 0.318 e. The van der Waals surface area contributed by atoms with Crippen LogP contribution in [0, 0.1) is 11.3 Å². The molecule has 192 valence electrons. The summed E-state index contributed by atoms with van der Waals surface area (Å²) < 4.78 is 6.27. The maximum atomic E-state index is 9.48. The minimum absolute atomic E-state index is 0.0997. The summed E-state index contributed by atoms with van der Waals surface area (Å²) in [6.45, 7) is 5.83. The first-order valence-electron chi connectivity index (χ1n) is 13.5. The number of hydrogen-bond acceptors (Lipinski definition) is 8. The molecule has 2 aromatic carbocycles. The highest BCUT2D eigenvalue weighted by molar-refractivity contribution is 5.94. The van der Waals surface area contributed by atoms with Gasteiger partial charge in [0.1, 0.15) is 12.4 Å². The molecule has 37 heavy (non-hydrogen) atoms. The van der Waals surface area contributed by atoms with Crippen LogP contribution in [0.1, 0.15) is 30.5 Å². The van der Waals surface area contributed by atoms with E-state index in [1.54, 1.807) is 0 Å². The molecular weight excluding hydrogens is 462 g/mol. The Morgan fingerprint density at radius 2 is 1.97 bits per heavy atom. The van der Waals surface area contributed by atoms with E-state index >= 15 is 0 Å². The Morgan fingerprint density at radius 1 is 1.08 bits per heavy atom. The van der Waals surface area contributed by atoms with Crippen LogP contribution in [0.3, 0.4) is 0 Å². The second-order valence-corrected chi connectivity index (χ2v) is 10.4. The third kappa shape index (κ3) is 4.81. The Balaban J connectivity index is 1.35. The molecule has 2 unspecified atom stereocenters. The van der Waals surface area contributed by atoms with Gasteiger partial charge in [-0.2, -0.15) is 15.2 Å². The lowest BCUT2D eigenvalue weighted by Gasteiger charge is -2.39. The van der Waals surface area contributed by atoms with Gasteiger partial charge >= 0.3 is 6.01 Å². The van der Waals surface area contributed by atoms with Crippen molar-refractivity contribution in [2.24, 2.45) is 0 Å². The van der Waals surface area contributed by atoms with E-state index in [4.69, 9.17) is 14.7 Å². The van der Waals surface area contributed by atoms with Crippen molar-refractivity contribution in [3.8, 4) is 12.1 Å². The number of fused-ring (bicyclic) bond motifs is 2. The zero-order valence-electron chi connectivity index (χ0n) is 21.6. The van der Waals surface area contributed by atoms with Crippen molar-refractivity contribution >= 4 is 22.3 Å². The molecule has 0 bridgehead atoms. The molecule has 3 aliphatic rings. The van der Waals surface area contributed by atoms with E-state index in [1.165, 1.54) is 28.4 Å². The highest BCUT2D eigenvalue weighted by atomic mass is 16.5. The van der Waals surface area contributed by atoms with Crippen LogP contribution in [-0.4, -0.2) is 73.3 Å². The van der Waals surface area contributed by atoms with Gasteiger partial charge in [0, 0.05) is 48.9 Å². The lowest BCUT2D eigenvalue weighted by atomic mass is 10.0. The molecule has 0 amide bonds. The number of ether oxygens (including phenoxy) is 1. The molecule has 4 heterocycles. The molecule has 2 fully saturated rings. The van der Waals surface area contributed by atoms with Crippen LogP contribution < -0.4 is 19.9 Å². The molecule has 0 aliphatic carbocycles. The van der Waals surface area contributed by atoms with Gasteiger partial charge < -0.3 is 24.8 Å². The van der Waals surface area contributed by atoms with Gasteiger partial charge in [-0.3, -0.25) is 0 Å². The molecule has 3 aromatic rings. The summed E-state index contributed by atoms with van der Waals surface area (Å²) in [7, 11) is 2.16. The molecule has 2 saturated heterocycles. The predicted octanol–water partition coefficient (Wildman–Crippen LogP) is 3.36. The largest absolute Gasteiger partial charge is 0.462 e. The van der Waals surface area contributed by atoms with E-state index in [0.29, 0.717) is 31.6 Å². The van der Waals surface area contributed by atoms with E-state index in [1.807, 2.05) is 0 Å². The summed E-state index contributed by atoms with van der Waals surface area (Å²) in [5.41, 5.74) is 3.48. The summed E-state index contributed by atoms with van der Waals surface area (Å²) in [5.74, 6) is 0.957. The summed E-state index contributed by atoms with van der Waals surface area (Å²) >= 11 is 0. The Bertz CT molecular complexity index is 1300. The van der Waals surface area contributed by atoms with E-state index in [0.717, 1.165) is 57.1 Å².